The number of aromatic nitrogens is 2. The SMILES string of the molecule is CCNc1cc(-c2cccc(OC(F)(F)F)c2)nc(N[C@@H](C)CC)n1. The van der Waals surface area contributed by atoms with Crippen LogP contribution in [0, 0.1) is 0 Å². The Balaban J connectivity index is 2.38. The molecule has 1 aromatic heterocycles. The molecule has 0 aliphatic heterocycles. The highest BCUT2D eigenvalue weighted by molar-refractivity contribution is 5.66. The van der Waals surface area contributed by atoms with Crippen molar-refractivity contribution in [3.8, 4) is 17.0 Å². The molecule has 5 nitrogen and oxygen atoms in total. The first-order valence-electron chi connectivity index (χ1n) is 8.06. The molecule has 2 rings (SSSR count). The Labute approximate surface area is 144 Å². The average Bonchev–Trinajstić information content (AvgIpc) is 2.53. The van der Waals surface area contributed by atoms with Gasteiger partial charge in [-0.25, -0.2) is 4.98 Å². The van der Waals surface area contributed by atoms with Crippen molar-refractivity contribution in [1.29, 1.82) is 0 Å². The molecule has 0 aliphatic carbocycles. The molecule has 0 saturated heterocycles. The van der Waals surface area contributed by atoms with Crippen LogP contribution in [0.3, 0.4) is 0 Å². The van der Waals surface area contributed by atoms with Gasteiger partial charge < -0.3 is 15.4 Å². The van der Waals surface area contributed by atoms with Crippen LogP contribution in [0.5, 0.6) is 5.75 Å². The molecule has 0 radical (unpaired) electrons. The van der Waals surface area contributed by atoms with Gasteiger partial charge in [0, 0.05) is 24.2 Å². The van der Waals surface area contributed by atoms with E-state index in [9.17, 15) is 13.2 Å². The van der Waals surface area contributed by atoms with Gasteiger partial charge in [0.05, 0.1) is 5.69 Å². The number of ether oxygens (including phenoxy) is 1. The van der Waals surface area contributed by atoms with Crippen LogP contribution < -0.4 is 15.4 Å². The van der Waals surface area contributed by atoms with E-state index in [1.165, 1.54) is 18.2 Å². The third kappa shape index (κ3) is 5.81. The van der Waals surface area contributed by atoms with E-state index in [0.717, 1.165) is 6.42 Å². The predicted molar refractivity (Wildman–Crippen MR) is 91.7 cm³/mol. The van der Waals surface area contributed by atoms with Gasteiger partial charge in [-0.1, -0.05) is 19.1 Å². The lowest BCUT2D eigenvalue weighted by Crippen LogP contribution is -2.17. The minimum atomic E-state index is -4.73. The topological polar surface area (TPSA) is 59.1 Å². The van der Waals surface area contributed by atoms with Crippen LogP contribution in [0.2, 0.25) is 0 Å². The standard InChI is InChI=1S/C17H21F3N4O/c1-4-11(3)22-16-23-14(10-15(24-16)21-5-2)12-7-6-8-13(9-12)25-17(18,19)20/h6-11H,4-5H2,1-3H3,(H2,21,22,23,24)/t11-/m0/s1. The Hall–Kier alpha value is -2.51. The number of benzene rings is 1. The average molecular weight is 354 g/mol. The van der Waals surface area contributed by atoms with Gasteiger partial charge in [-0.15, -0.1) is 13.2 Å². The zero-order valence-corrected chi connectivity index (χ0v) is 14.3. The molecule has 0 fully saturated rings. The third-order valence-corrected chi connectivity index (χ3v) is 3.44. The van der Waals surface area contributed by atoms with Crippen molar-refractivity contribution < 1.29 is 17.9 Å². The van der Waals surface area contributed by atoms with Crippen LogP contribution in [-0.4, -0.2) is 28.9 Å². The molecule has 25 heavy (non-hydrogen) atoms. The number of hydrogen-bond acceptors (Lipinski definition) is 5. The van der Waals surface area contributed by atoms with Gasteiger partial charge in [0.2, 0.25) is 5.95 Å². The Bertz CT molecular complexity index is 707. The van der Waals surface area contributed by atoms with Crippen LogP contribution in [0.1, 0.15) is 27.2 Å². The molecule has 1 aromatic carbocycles. The summed E-state index contributed by atoms with van der Waals surface area (Å²) in [6, 6.07) is 7.59. The number of nitrogens with zero attached hydrogens (tertiary/aromatic N) is 2. The molecule has 1 atom stereocenters. The number of rotatable bonds is 7. The highest BCUT2D eigenvalue weighted by atomic mass is 19.4. The van der Waals surface area contributed by atoms with E-state index in [1.54, 1.807) is 12.1 Å². The lowest BCUT2D eigenvalue weighted by molar-refractivity contribution is -0.274. The first kappa shape index (κ1) is 18.8. The van der Waals surface area contributed by atoms with Crippen molar-refractivity contribution >= 4 is 11.8 Å². The van der Waals surface area contributed by atoms with Crippen molar-refractivity contribution in [3.05, 3.63) is 30.3 Å². The van der Waals surface area contributed by atoms with E-state index in [0.29, 0.717) is 29.6 Å². The van der Waals surface area contributed by atoms with Gasteiger partial charge >= 0.3 is 6.36 Å². The van der Waals surface area contributed by atoms with E-state index in [1.807, 2.05) is 20.8 Å². The fraction of sp³-hybridized carbons (Fsp3) is 0.412. The van der Waals surface area contributed by atoms with Crippen LogP contribution in [0.15, 0.2) is 30.3 Å². The van der Waals surface area contributed by atoms with Crippen LogP contribution in [0.4, 0.5) is 24.9 Å². The lowest BCUT2D eigenvalue weighted by Gasteiger charge is -2.15. The smallest absolute Gasteiger partial charge is 0.406 e. The largest absolute Gasteiger partial charge is 0.573 e. The van der Waals surface area contributed by atoms with E-state index in [-0.39, 0.29) is 11.8 Å². The summed E-state index contributed by atoms with van der Waals surface area (Å²) in [6.45, 7) is 6.63. The first-order chi connectivity index (χ1) is 11.8. The van der Waals surface area contributed by atoms with Gasteiger partial charge in [0.1, 0.15) is 11.6 Å². The molecule has 0 saturated carbocycles. The predicted octanol–water partition coefficient (Wildman–Crippen LogP) is 4.68. The van der Waals surface area contributed by atoms with Crippen molar-refractivity contribution in [2.45, 2.75) is 39.6 Å². The van der Waals surface area contributed by atoms with E-state index >= 15 is 0 Å². The number of anilines is 2. The molecular weight excluding hydrogens is 333 g/mol. The summed E-state index contributed by atoms with van der Waals surface area (Å²) in [5.74, 6) is 0.732. The fourth-order valence-electron chi connectivity index (χ4n) is 2.11. The summed E-state index contributed by atoms with van der Waals surface area (Å²) in [4.78, 5) is 8.79. The fourth-order valence-corrected chi connectivity index (χ4v) is 2.11. The number of nitrogens with one attached hydrogen (secondary N) is 2. The molecule has 0 unspecified atom stereocenters. The minimum Gasteiger partial charge on any atom is -0.406 e. The molecule has 2 aromatic rings. The highest BCUT2D eigenvalue weighted by Crippen LogP contribution is 2.28. The summed E-state index contributed by atoms with van der Waals surface area (Å²) in [7, 11) is 0. The summed E-state index contributed by atoms with van der Waals surface area (Å²) in [6.07, 6.45) is -3.85. The maximum Gasteiger partial charge on any atom is 0.573 e. The summed E-state index contributed by atoms with van der Waals surface area (Å²) >= 11 is 0. The monoisotopic (exact) mass is 354 g/mol. The first-order valence-corrected chi connectivity index (χ1v) is 8.06. The maximum absolute atomic E-state index is 12.4. The van der Waals surface area contributed by atoms with Crippen molar-refractivity contribution in [1.82, 2.24) is 9.97 Å². The van der Waals surface area contributed by atoms with Crippen molar-refractivity contribution in [2.24, 2.45) is 0 Å². The molecular formula is C17H21F3N4O. The normalized spacial score (nSPS) is 12.6. The second-order valence-corrected chi connectivity index (χ2v) is 5.52. The second kappa shape index (κ2) is 8.04. The maximum atomic E-state index is 12.4. The summed E-state index contributed by atoms with van der Waals surface area (Å²) in [5, 5.41) is 6.28. The number of halogens is 3. The van der Waals surface area contributed by atoms with E-state index in [4.69, 9.17) is 0 Å². The molecule has 8 heteroatoms. The molecule has 1 heterocycles. The minimum absolute atomic E-state index is 0.171. The molecule has 0 spiro atoms. The van der Waals surface area contributed by atoms with Crippen molar-refractivity contribution in [3.63, 3.8) is 0 Å². The third-order valence-electron chi connectivity index (χ3n) is 3.44. The van der Waals surface area contributed by atoms with E-state index < -0.39 is 6.36 Å². The Morgan fingerprint density at radius 2 is 1.92 bits per heavy atom. The Morgan fingerprint density at radius 3 is 2.56 bits per heavy atom. The number of hydrogen-bond donors (Lipinski definition) is 2. The summed E-state index contributed by atoms with van der Waals surface area (Å²) in [5.41, 5.74) is 1.01. The summed E-state index contributed by atoms with van der Waals surface area (Å²) < 4.78 is 41.2. The van der Waals surface area contributed by atoms with Crippen LogP contribution in [0.25, 0.3) is 11.3 Å². The van der Waals surface area contributed by atoms with Crippen LogP contribution in [-0.2, 0) is 0 Å². The van der Waals surface area contributed by atoms with Gasteiger partial charge in [0.15, 0.2) is 0 Å². The van der Waals surface area contributed by atoms with Gasteiger partial charge in [0.25, 0.3) is 0 Å². The molecule has 0 aliphatic rings. The van der Waals surface area contributed by atoms with Crippen LogP contribution >= 0.6 is 0 Å². The van der Waals surface area contributed by atoms with Gasteiger partial charge in [-0.2, -0.15) is 4.98 Å². The second-order valence-electron chi connectivity index (χ2n) is 5.52. The lowest BCUT2D eigenvalue weighted by atomic mass is 10.1. The zero-order chi connectivity index (χ0) is 18.4. The molecule has 136 valence electrons. The van der Waals surface area contributed by atoms with E-state index in [2.05, 4.69) is 25.3 Å². The Kier molecular flexibility index (Phi) is 6.06. The highest BCUT2D eigenvalue weighted by Gasteiger charge is 2.31. The number of alkyl halides is 3. The zero-order valence-electron chi connectivity index (χ0n) is 14.3. The quantitative estimate of drug-likeness (QED) is 0.756. The van der Waals surface area contributed by atoms with Crippen molar-refractivity contribution in [2.75, 3.05) is 17.2 Å². The Morgan fingerprint density at radius 1 is 1.16 bits per heavy atom. The van der Waals surface area contributed by atoms with Gasteiger partial charge in [-0.3, -0.25) is 0 Å². The molecule has 2 N–H and O–H groups in total. The molecule has 0 amide bonds. The van der Waals surface area contributed by atoms with Gasteiger partial charge in [-0.05, 0) is 32.4 Å². The molecule has 0 bridgehead atoms.